The highest BCUT2D eigenvalue weighted by Gasteiger charge is 2.30. The lowest BCUT2D eigenvalue weighted by Crippen LogP contribution is -2.30. The van der Waals surface area contributed by atoms with Gasteiger partial charge < -0.3 is 33.8 Å². The first-order valence-corrected chi connectivity index (χ1v) is 41.5. The summed E-state index contributed by atoms with van der Waals surface area (Å²) < 4.78 is 68.5. The van der Waals surface area contributed by atoms with Crippen LogP contribution in [0.4, 0.5) is 0 Å². The smallest absolute Gasteiger partial charge is 0.462 e. The van der Waals surface area contributed by atoms with Gasteiger partial charge in [-0.1, -0.05) is 330 Å². The van der Waals surface area contributed by atoms with Crippen molar-refractivity contribution in [2.24, 2.45) is 11.8 Å². The molecule has 0 fully saturated rings. The summed E-state index contributed by atoms with van der Waals surface area (Å²) in [5.41, 5.74) is 0. The number of phosphoric acid groups is 2. The largest absolute Gasteiger partial charge is 0.472 e. The molecule has 0 aromatic carbocycles. The Labute approximate surface area is 568 Å². The van der Waals surface area contributed by atoms with E-state index in [-0.39, 0.29) is 25.7 Å². The first kappa shape index (κ1) is 91.1. The zero-order chi connectivity index (χ0) is 68.6. The Balaban J connectivity index is 5.27. The van der Waals surface area contributed by atoms with Gasteiger partial charge in [-0.3, -0.25) is 37.3 Å². The molecule has 3 N–H and O–H groups in total. The summed E-state index contributed by atoms with van der Waals surface area (Å²) in [6.45, 7) is 9.58. The number of esters is 4. The monoisotopic (exact) mass is 1370 g/mol. The average Bonchev–Trinajstić information content (AvgIpc) is 2.54. The molecule has 19 heteroatoms. The second-order valence-electron chi connectivity index (χ2n) is 27.6. The number of carbonyl (C=O) groups is 4. The van der Waals surface area contributed by atoms with Gasteiger partial charge in [-0.25, -0.2) is 9.13 Å². The van der Waals surface area contributed by atoms with Crippen molar-refractivity contribution in [3.05, 3.63) is 0 Å². The molecule has 0 saturated carbocycles. The molecule has 0 heterocycles. The summed E-state index contributed by atoms with van der Waals surface area (Å²) in [5, 5.41) is 10.6. The molecule has 2 unspecified atom stereocenters. The maximum Gasteiger partial charge on any atom is 0.472 e. The van der Waals surface area contributed by atoms with Crippen LogP contribution in [0.5, 0.6) is 0 Å². The van der Waals surface area contributed by atoms with Crippen LogP contribution in [0.15, 0.2) is 0 Å². The van der Waals surface area contributed by atoms with Gasteiger partial charge in [0, 0.05) is 25.7 Å². The fraction of sp³-hybridized carbons (Fsp3) is 0.946. The number of rotatable bonds is 73. The quantitative estimate of drug-likeness (QED) is 0.0222. The molecule has 17 nitrogen and oxygen atoms in total. The first-order valence-electron chi connectivity index (χ1n) is 38.5. The lowest BCUT2D eigenvalue weighted by atomic mass is 10.0. The van der Waals surface area contributed by atoms with Crippen molar-refractivity contribution in [2.45, 2.75) is 400 Å². The van der Waals surface area contributed by atoms with Crippen LogP contribution >= 0.6 is 15.6 Å². The van der Waals surface area contributed by atoms with Gasteiger partial charge in [-0.05, 0) is 37.5 Å². The van der Waals surface area contributed by atoms with Crippen molar-refractivity contribution in [1.82, 2.24) is 0 Å². The van der Waals surface area contributed by atoms with E-state index in [0.29, 0.717) is 25.7 Å². The Bertz CT molecular complexity index is 1800. The number of hydrogen-bond acceptors (Lipinski definition) is 15. The van der Waals surface area contributed by atoms with Gasteiger partial charge in [0.2, 0.25) is 0 Å². The number of ether oxygens (including phenoxy) is 4. The molecule has 0 bridgehead atoms. The maximum absolute atomic E-state index is 13.1. The standard InChI is InChI=1S/C74H144O17P2/c1-7-9-11-13-15-17-19-21-25-32-38-44-50-56-71(76)84-62-69(90-73(78)58-52-46-40-34-26-22-20-18-16-14-12-10-8-2)64-88-92(80,81)86-60-68(75)61-87-93(82,83)89-65-70(63-85-72(77)57-51-45-39-33-29-28-31-37-43-49-55-67(5)6)91-74(79)59-53-47-41-35-27-23-24-30-36-42-48-54-66(3)4/h66-70,75H,7-65H2,1-6H3,(H,80,81)(H,82,83)/t68-,69+,70+/m0/s1. The normalized spacial score (nSPS) is 14.1. The van der Waals surface area contributed by atoms with Gasteiger partial charge in [-0.2, -0.15) is 0 Å². The highest BCUT2D eigenvalue weighted by Crippen LogP contribution is 2.45. The molecule has 0 spiro atoms. The lowest BCUT2D eigenvalue weighted by molar-refractivity contribution is -0.161. The van der Waals surface area contributed by atoms with Crippen molar-refractivity contribution in [3.63, 3.8) is 0 Å². The molecule has 0 rings (SSSR count). The van der Waals surface area contributed by atoms with Crippen LogP contribution in [0.2, 0.25) is 0 Å². The van der Waals surface area contributed by atoms with E-state index >= 15 is 0 Å². The summed E-state index contributed by atoms with van der Waals surface area (Å²) in [4.78, 5) is 72.8. The predicted molar refractivity (Wildman–Crippen MR) is 377 cm³/mol. The molecule has 0 aromatic rings. The van der Waals surface area contributed by atoms with E-state index in [9.17, 15) is 43.2 Å². The maximum atomic E-state index is 13.1. The summed E-state index contributed by atoms with van der Waals surface area (Å²) in [7, 11) is -9.91. The molecule has 0 aliphatic rings. The van der Waals surface area contributed by atoms with Gasteiger partial charge in [0.1, 0.15) is 19.3 Å². The number of carbonyl (C=O) groups excluding carboxylic acids is 4. The van der Waals surface area contributed by atoms with Crippen LogP contribution < -0.4 is 0 Å². The molecular formula is C74H144O17P2. The molecule has 93 heavy (non-hydrogen) atoms. The van der Waals surface area contributed by atoms with Crippen LogP contribution in [0.3, 0.4) is 0 Å². The topological polar surface area (TPSA) is 237 Å². The van der Waals surface area contributed by atoms with Crippen LogP contribution in [0.1, 0.15) is 382 Å². The van der Waals surface area contributed by atoms with Crippen LogP contribution in [0.25, 0.3) is 0 Å². The summed E-state index contributed by atoms with van der Waals surface area (Å²) in [6.07, 6.45) is 52.5. The van der Waals surface area contributed by atoms with Crippen molar-refractivity contribution < 1.29 is 80.2 Å². The van der Waals surface area contributed by atoms with Crippen molar-refractivity contribution in [1.29, 1.82) is 0 Å². The van der Waals surface area contributed by atoms with Crippen LogP contribution in [-0.2, 0) is 65.4 Å². The van der Waals surface area contributed by atoms with E-state index in [1.807, 2.05) is 0 Å². The molecule has 0 saturated heterocycles. The number of hydrogen-bond donors (Lipinski definition) is 3. The van der Waals surface area contributed by atoms with E-state index < -0.39 is 97.5 Å². The third-order valence-electron chi connectivity index (χ3n) is 17.2. The minimum atomic E-state index is -4.95. The Morgan fingerprint density at radius 1 is 0.290 bits per heavy atom. The Morgan fingerprint density at radius 3 is 0.731 bits per heavy atom. The SMILES string of the molecule is CCCCCCCCCCCCCCCC(=O)OC[C@H](COP(=O)(O)OC[C@H](O)COP(=O)(O)OC[C@@H](COC(=O)CCCCCCCCCCCCC(C)C)OC(=O)CCCCCCCCCCCCCC(C)C)OC(=O)CCCCCCCCCCCCCCC. The van der Waals surface area contributed by atoms with Gasteiger partial charge >= 0.3 is 39.5 Å². The summed E-state index contributed by atoms with van der Waals surface area (Å²) in [6, 6.07) is 0. The third-order valence-corrected chi connectivity index (χ3v) is 19.1. The van der Waals surface area contributed by atoms with E-state index in [2.05, 4.69) is 41.5 Å². The molecule has 0 aromatic heterocycles. The molecule has 0 aliphatic heterocycles. The van der Waals surface area contributed by atoms with Crippen molar-refractivity contribution in [3.8, 4) is 0 Å². The summed E-state index contributed by atoms with van der Waals surface area (Å²) in [5.74, 6) is -0.592. The number of aliphatic hydroxyl groups excluding tert-OH is 1. The van der Waals surface area contributed by atoms with E-state index in [1.165, 1.54) is 199 Å². The number of unbranched alkanes of at least 4 members (excludes halogenated alkanes) is 43. The fourth-order valence-corrected chi connectivity index (χ4v) is 12.9. The Morgan fingerprint density at radius 2 is 0.495 bits per heavy atom. The molecule has 0 radical (unpaired) electrons. The molecule has 5 atom stereocenters. The van der Waals surface area contributed by atoms with E-state index in [0.717, 1.165) is 102 Å². The zero-order valence-electron chi connectivity index (χ0n) is 60.6. The minimum absolute atomic E-state index is 0.106. The molecule has 0 aliphatic carbocycles. The zero-order valence-corrected chi connectivity index (χ0v) is 62.3. The van der Waals surface area contributed by atoms with Gasteiger partial charge in [0.25, 0.3) is 0 Å². The summed E-state index contributed by atoms with van der Waals surface area (Å²) >= 11 is 0. The van der Waals surface area contributed by atoms with Gasteiger partial charge in [0.05, 0.1) is 26.4 Å². The lowest BCUT2D eigenvalue weighted by Gasteiger charge is -2.21. The van der Waals surface area contributed by atoms with E-state index in [4.69, 9.17) is 37.0 Å². The minimum Gasteiger partial charge on any atom is -0.462 e. The van der Waals surface area contributed by atoms with Crippen molar-refractivity contribution >= 4 is 39.5 Å². The fourth-order valence-electron chi connectivity index (χ4n) is 11.3. The van der Waals surface area contributed by atoms with Gasteiger partial charge in [0.15, 0.2) is 12.2 Å². The molecule has 0 amide bonds. The second-order valence-corrected chi connectivity index (χ2v) is 30.5. The van der Waals surface area contributed by atoms with Gasteiger partial charge in [-0.15, -0.1) is 0 Å². The molecule has 552 valence electrons. The van der Waals surface area contributed by atoms with E-state index in [1.54, 1.807) is 0 Å². The highest BCUT2D eigenvalue weighted by molar-refractivity contribution is 7.47. The Kier molecular flexibility index (Phi) is 64.6. The average molecular weight is 1370 g/mol. The van der Waals surface area contributed by atoms with Crippen LogP contribution in [-0.4, -0.2) is 96.7 Å². The third kappa shape index (κ3) is 68.4. The molecular weight excluding hydrogens is 1220 g/mol. The Hall–Kier alpha value is -1.94. The number of phosphoric ester groups is 2. The second kappa shape index (κ2) is 66.0. The first-order chi connectivity index (χ1) is 44.9. The van der Waals surface area contributed by atoms with Crippen LogP contribution in [0, 0.1) is 11.8 Å². The van der Waals surface area contributed by atoms with Crippen molar-refractivity contribution in [2.75, 3.05) is 39.6 Å². The predicted octanol–water partition coefficient (Wildman–Crippen LogP) is 21.6. The number of aliphatic hydroxyl groups is 1. The highest BCUT2D eigenvalue weighted by atomic mass is 31.2.